The van der Waals surface area contributed by atoms with Crippen molar-refractivity contribution in [1.29, 1.82) is 0 Å². The highest BCUT2D eigenvalue weighted by atomic mass is 32.1. The maximum atomic E-state index is 14.5. The molecule has 0 bridgehead atoms. The Morgan fingerprint density at radius 1 is 0.964 bits per heavy atom. The first-order valence-corrected chi connectivity index (χ1v) is 20.3. The van der Waals surface area contributed by atoms with Crippen molar-refractivity contribution in [3.05, 3.63) is 41.8 Å². The standard InChI is InChI=1S/C40H52N6O8S/c1-24(2)41-39-44-33(23-55-39)32-21-35(28-18-17-26(52-3)19-31(28)42-32)53-27-20-34-36(47)43-30(38(49)50)16-10-8-6-4-5-7-9-15-29(37(48)46(34)22-27)45-40(51)54-25-13-11-12-14-25/h6,8,17-19,21,23-25,27,29-30,34H,4-5,7,9-16,20,22H2,1-3H3,(H,41,44)(H,43,47)(H,45,51)(H,49,50)/q+1. The minimum absolute atomic E-state index is 0.0295. The summed E-state index contributed by atoms with van der Waals surface area (Å²) < 4.78 is 17.9. The van der Waals surface area contributed by atoms with E-state index in [1.807, 2.05) is 49.6 Å². The van der Waals surface area contributed by atoms with E-state index in [0.717, 1.165) is 50.1 Å². The van der Waals surface area contributed by atoms with Gasteiger partial charge in [0, 0.05) is 28.9 Å². The molecule has 2 aliphatic heterocycles. The highest BCUT2D eigenvalue weighted by Crippen LogP contribution is 2.35. The number of hydrogen-bond donors (Lipinski definition) is 4. The zero-order chi connectivity index (χ0) is 38.9. The summed E-state index contributed by atoms with van der Waals surface area (Å²) in [6, 6.07) is 4.34. The molecule has 2 fully saturated rings. The Morgan fingerprint density at radius 3 is 2.51 bits per heavy atom. The summed E-state index contributed by atoms with van der Waals surface area (Å²) in [7, 11) is 1.58. The summed E-state index contributed by atoms with van der Waals surface area (Å²) in [4.78, 5) is 65.0. The number of allylic oxidation sites excluding steroid dienone is 2. The zero-order valence-electron chi connectivity index (χ0n) is 31.8. The van der Waals surface area contributed by atoms with Crippen LogP contribution in [0.4, 0.5) is 9.93 Å². The third-order valence-electron chi connectivity index (χ3n) is 10.2. The number of benzene rings is 1. The Morgan fingerprint density at radius 2 is 1.75 bits per heavy atom. The molecule has 14 nitrogen and oxygen atoms in total. The number of rotatable bonds is 9. The van der Waals surface area contributed by atoms with Gasteiger partial charge in [-0.1, -0.05) is 29.9 Å². The molecular formula is C40H52N6O8S+. The van der Waals surface area contributed by atoms with Crippen LogP contribution in [-0.2, 0) is 19.1 Å². The minimum atomic E-state index is -1.15. The molecule has 0 spiro atoms. The fraction of sp³-hybridized carbons (Fsp3) is 0.550. The Labute approximate surface area is 325 Å². The number of amides is 3. The Balaban J connectivity index is 1.31. The van der Waals surface area contributed by atoms with Gasteiger partial charge in [0.2, 0.25) is 6.04 Å². The predicted molar refractivity (Wildman–Crippen MR) is 210 cm³/mol. The normalized spacial score (nSPS) is 23.3. The third-order valence-corrected chi connectivity index (χ3v) is 11.0. The van der Waals surface area contributed by atoms with E-state index >= 15 is 0 Å². The van der Waals surface area contributed by atoms with E-state index in [-0.39, 0.29) is 31.5 Å². The molecule has 295 valence electrons. The van der Waals surface area contributed by atoms with Crippen molar-refractivity contribution in [3.63, 3.8) is 0 Å². The number of ether oxygens (including phenoxy) is 3. The first-order valence-electron chi connectivity index (χ1n) is 19.4. The third kappa shape index (κ3) is 10.5. The van der Waals surface area contributed by atoms with E-state index in [9.17, 15) is 24.3 Å². The number of nitrogens with one attached hydrogen (secondary N) is 3. The quantitative estimate of drug-likeness (QED) is 0.142. The van der Waals surface area contributed by atoms with Crippen LogP contribution in [0, 0.1) is 0 Å². The summed E-state index contributed by atoms with van der Waals surface area (Å²) in [6.45, 7) is 4.10. The summed E-state index contributed by atoms with van der Waals surface area (Å²) in [5, 5.41) is 22.2. The van der Waals surface area contributed by atoms with Crippen LogP contribution in [-0.4, -0.2) is 89.0 Å². The number of nitrogens with zero attached hydrogens (tertiary/aromatic N) is 3. The summed E-state index contributed by atoms with van der Waals surface area (Å²) in [5.74, 6) is -1.09. The van der Waals surface area contributed by atoms with Crippen LogP contribution < -0.4 is 30.3 Å². The second-order valence-corrected chi connectivity index (χ2v) is 15.7. The highest BCUT2D eigenvalue weighted by Gasteiger charge is 2.53. The Hall–Kier alpha value is -4.76. The molecule has 3 aromatic rings. The lowest BCUT2D eigenvalue weighted by molar-refractivity contribution is -0.142. The molecule has 4 atom stereocenters. The topological polar surface area (TPSA) is 184 Å². The number of methoxy groups -OCH3 is 1. The van der Waals surface area contributed by atoms with Crippen molar-refractivity contribution in [1.82, 2.24) is 25.5 Å². The fourth-order valence-corrected chi connectivity index (χ4v) is 8.25. The van der Waals surface area contributed by atoms with Gasteiger partial charge in [-0.05, 0) is 83.8 Å². The zero-order valence-corrected chi connectivity index (χ0v) is 32.6. The first kappa shape index (κ1) is 39.9. The van der Waals surface area contributed by atoms with Gasteiger partial charge in [-0.3, -0.25) is 4.79 Å². The van der Waals surface area contributed by atoms with Crippen LogP contribution in [0.1, 0.15) is 90.9 Å². The van der Waals surface area contributed by atoms with Gasteiger partial charge in [-0.2, -0.15) is 0 Å². The van der Waals surface area contributed by atoms with Crippen molar-refractivity contribution >= 4 is 51.2 Å². The second kappa shape index (κ2) is 18.7. The molecular weight excluding hydrogens is 725 g/mol. The van der Waals surface area contributed by atoms with E-state index < -0.39 is 48.1 Å². The van der Waals surface area contributed by atoms with Crippen molar-refractivity contribution in [2.24, 2.45) is 0 Å². The van der Waals surface area contributed by atoms with Crippen molar-refractivity contribution in [2.75, 3.05) is 19.0 Å². The highest BCUT2D eigenvalue weighted by molar-refractivity contribution is 7.14. The average molecular weight is 777 g/mol. The molecule has 6 rings (SSSR count). The molecule has 1 saturated carbocycles. The van der Waals surface area contributed by atoms with Gasteiger partial charge in [0.15, 0.2) is 23.8 Å². The number of anilines is 1. The van der Waals surface area contributed by atoms with Crippen LogP contribution in [0.2, 0.25) is 0 Å². The number of carbonyl (C=O) groups excluding carboxylic acids is 3. The molecule has 1 radical (unpaired) electrons. The second-order valence-electron chi connectivity index (χ2n) is 14.8. The van der Waals surface area contributed by atoms with E-state index in [1.165, 1.54) is 16.2 Å². The smallest absolute Gasteiger partial charge is 0.408 e. The van der Waals surface area contributed by atoms with Crippen molar-refractivity contribution in [3.8, 4) is 22.9 Å². The van der Waals surface area contributed by atoms with Gasteiger partial charge in [-0.25, -0.2) is 24.4 Å². The molecule has 4 heterocycles. The maximum Gasteiger partial charge on any atom is 0.408 e. The molecule has 3 aliphatic rings. The number of hydrogen-bond acceptors (Lipinski definition) is 11. The number of aliphatic carboxylic acids is 1. The van der Waals surface area contributed by atoms with Crippen LogP contribution in [0.25, 0.3) is 22.3 Å². The Kier molecular flexibility index (Phi) is 13.6. The van der Waals surface area contributed by atoms with Crippen molar-refractivity contribution in [2.45, 2.75) is 127 Å². The molecule has 15 heteroatoms. The van der Waals surface area contributed by atoms with Gasteiger partial charge in [0.1, 0.15) is 29.3 Å². The molecule has 1 saturated heterocycles. The number of carboxylic acid groups (broad SMARTS) is 1. The Bertz CT molecular complexity index is 1860. The van der Waals surface area contributed by atoms with Gasteiger partial charge in [-0.15, -0.1) is 11.3 Å². The van der Waals surface area contributed by atoms with Gasteiger partial charge >= 0.3 is 18.0 Å². The maximum absolute atomic E-state index is 14.5. The summed E-state index contributed by atoms with van der Waals surface area (Å²) in [6.07, 6.45) is 10.4. The largest absolute Gasteiger partial charge is 0.497 e. The number of thiazole rings is 1. The van der Waals surface area contributed by atoms with Gasteiger partial charge in [0.25, 0.3) is 5.91 Å². The number of aromatic nitrogens is 2. The van der Waals surface area contributed by atoms with E-state index in [2.05, 4.69) is 16.0 Å². The monoisotopic (exact) mass is 776 g/mol. The van der Waals surface area contributed by atoms with Gasteiger partial charge < -0.3 is 35.3 Å². The minimum Gasteiger partial charge on any atom is -0.497 e. The number of carboxylic acids is 1. The lowest BCUT2D eigenvalue weighted by atomic mass is 10.0. The fourth-order valence-electron chi connectivity index (χ4n) is 7.39. The first-order chi connectivity index (χ1) is 26.6. The molecule has 3 amide bonds. The molecule has 2 aromatic heterocycles. The van der Waals surface area contributed by atoms with Gasteiger partial charge in [0.05, 0.1) is 24.7 Å². The molecule has 4 unspecified atom stereocenters. The van der Waals surface area contributed by atoms with E-state index in [4.69, 9.17) is 24.2 Å². The summed E-state index contributed by atoms with van der Waals surface area (Å²) >= 11 is 1.47. The number of pyridine rings is 1. The molecule has 1 aliphatic carbocycles. The van der Waals surface area contributed by atoms with Crippen LogP contribution in [0.15, 0.2) is 41.8 Å². The molecule has 55 heavy (non-hydrogen) atoms. The molecule has 1 aromatic carbocycles. The number of fused-ring (bicyclic) bond motifs is 2. The van der Waals surface area contributed by atoms with Crippen molar-refractivity contribution < 1.29 is 38.5 Å². The lowest BCUT2D eigenvalue weighted by Gasteiger charge is -2.21. The SMILES string of the molecule is COc1ccc2c(OC3CC4C(=O)NC(C(=O)O)CCC=CCCCCCC(NC(=O)OC5CCCC5)C(=O)[N+]4C3)cc(-c3csc(NC(C)C)n3)nc2c1. The average Bonchev–Trinajstić information content (AvgIpc) is 3.94. The molecule has 4 N–H and O–H groups in total. The number of alkyl carbamates (subject to hydrolysis) is 1. The lowest BCUT2D eigenvalue weighted by Crippen LogP contribution is -2.58. The van der Waals surface area contributed by atoms with Crippen LogP contribution >= 0.6 is 11.3 Å². The van der Waals surface area contributed by atoms with E-state index in [0.29, 0.717) is 53.1 Å². The van der Waals surface area contributed by atoms with Crippen LogP contribution in [0.5, 0.6) is 11.5 Å². The summed E-state index contributed by atoms with van der Waals surface area (Å²) in [5.41, 5.74) is 1.84. The van der Waals surface area contributed by atoms with Crippen LogP contribution in [0.3, 0.4) is 0 Å². The predicted octanol–water partition coefficient (Wildman–Crippen LogP) is 6.28. The number of carbonyl (C=O) groups is 4. The van der Waals surface area contributed by atoms with E-state index in [1.54, 1.807) is 13.2 Å².